The Balaban J connectivity index is 2.37. The first-order chi connectivity index (χ1) is 8.31. The van der Waals surface area contributed by atoms with Gasteiger partial charge in [0.2, 0.25) is 0 Å². The van der Waals surface area contributed by atoms with Crippen molar-refractivity contribution in [2.75, 3.05) is 11.0 Å². The zero-order valence-electron chi connectivity index (χ0n) is 8.77. The van der Waals surface area contributed by atoms with Crippen molar-refractivity contribution in [3.8, 4) is 0 Å². The number of nitrogens with one attached hydrogen (secondary N) is 2. The fourth-order valence-electron chi connectivity index (χ4n) is 1.92. The van der Waals surface area contributed by atoms with Gasteiger partial charge in [-0.3, -0.25) is 21.4 Å². The monoisotopic (exact) mass is 230 g/mol. The summed E-state index contributed by atoms with van der Waals surface area (Å²) in [6.07, 6.45) is 0. The normalized spacial score (nSPS) is 10.9. The van der Waals surface area contributed by atoms with Crippen molar-refractivity contribution in [2.45, 2.75) is 0 Å². The topological polar surface area (TPSA) is 77.7 Å². The lowest BCUT2D eigenvalue weighted by Crippen LogP contribution is -1.88. The number of benzene rings is 2. The molecule has 5 nitrogen and oxygen atoms in total. The molecule has 1 aromatic heterocycles. The van der Waals surface area contributed by atoms with E-state index in [1.54, 1.807) is 36.4 Å². The van der Waals surface area contributed by atoms with Gasteiger partial charge in [-0.05, 0) is 36.4 Å². The van der Waals surface area contributed by atoms with Crippen molar-refractivity contribution in [3.63, 3.8) is 0 Å². The highest BCUT2D eigenvalue weighted by Gasteiger charge is 2.08. The Labute approximate surface area is 96.2 Å². The Kier molecular flexibility index (Phi) is 2.14. The Hall–Kier alpha value is -2.24. The zero-order valence-corrected chi connectivity index (χ0v) is 8.77. The molecule has 5 heteroatoms. The molecule has 3 aromatic rings. The fourth-order valence-corrected chi connectivity index (χ4v) is 1.92. The van der Waals surface area contributed by atoms with E-state index in [1.165, 1.54) is 0 Å². The van der Waals surface area contributed by atoms with Crippen LogP contribution in [0.4, 0.5) is 11.4 Å². The van der Waals surface area contributed by atoms with Crippen molar-refractivity contribution in [2.24, 2.45) is 0 Å². The minimum absolute atomic E-state index is 0.586. The molecule has 0 saturated carbocycles. The number of furan rings is 1. The number of hydrogen-bond acceptors (Lipinski definition) is 5. The van der Waals surface area contributed by atoms with Gasteiger partial charge in [0.25, 0.3) is 0 Å². The van der Waals surface area contributed by atoms with Crippen LogP contribution in [0.5, 0.6) is 0 Å². The standard InChI is InChI=1S/C12H10N2O3/c15-13-7-1-3-11-9(5-7)10-6-8(14-16)2-4-12(10)17-11/h1-6,13-16H. The Morgan fingerprint density at radius 3 is 1.65 bits per heavy atom. The number of anilines is 2. The molecule has 0 radical (unpaired) electrons. The third-order valence-corrected chi connectivity index (χ3v) is 2.73. The first-order valence-electron chi connectivity index (χ1n) is 5.08. The van der Waals surface area contributed by atoms with Crippen LogP contribution in [0.25, 0.3) is 21.9 Å². The summed E-state index contributed by atoms with van der Waals surface area (Å²) >= 11 is 0. The maximum atomic E-state index is 8.87. The average Bonchev–Trinajstić information content (AvgIpc) is 2.75. The van der Waals surface area contributed by atoms with Gasteiger partial charge in [0.05, 0.1) is 11.4 Å². The van der Waals surface area contributed by atoms with Crippen LogP contribution in [0.15, 0.2) is 40.8 Å². The molecular formula is C12H10N2O3. The molecule has 17 heavy (non-hydrogen) atoms. The summed E-state index contributed by atoms with van der Waals surface area (Å²) in [6.45, 7) is 0. The molecule has 2 aromatic carbocycles. The van der Waals surface area contributed by atoms with E-state index < -0.39 is 0 Å². The summed E-state index contributed by atoms with van der Waals surface area (Å²) in [5, 5.41) is 19.5. The van der Waals surface area contributed by atoms with E-state index in [0.717, 1.165) is 21.9 Å². The van der Waals surface area contributed by atoms with Crippen LogP contribution in [0, 0.1) is 0 Å². The quantitative estimate of drug-likeness (QED) is 0.508. The van der Waals surface area contributed by atoms with Crippen LogP contribution < -0.4 is 11.0 Å². The molecule has 0 aliphatic carbocycles. The highest BCUT2D eigenvalue weighted by atomic mass is 16.5. The molecule has 1 heterocycles. The molecule has 0 aliphatic heterocycles. The van der Waals surface area contributed by atoms with Crippen LogP contribution in [0.1, 0.15) is 0 Å². The van der Waals surface area contributed by atoms with Gasteiger partial charge in [0.15, 0.2) is 0 Å². The second kappa shape index (κ2) is 3.65. The van der Waals surface area contributed by atoms with Crippen molar-refractivity contribution >= 4 is 33.3 Å². The van der Waals surface area contributed by atoms with Crippen LogP contribution in [0.3, 0.4) is 0 Å². The van der Waals surface area contributed by atoms with E-state index in [4.69, 9.17) is 14.8 Å². The highest BCUT2D eigenvalue weighted by molar-refractivity contribution is 6.06. The van der Waals surface area contributed by atoms with Crippen LogP contribution in [0.2, 0.25) is 0 Å². The molecule has 86 valence electrons. The maximum Gasteiger partial charge on any atom is 0.135 e. The van der Waals surface area contributed by atoms with E-state index >= 15 is 0 Å². The molecule has 0 spiro atoms. The molecule has 0 saturated heterocycles. The molecule has 0 atom stereocenters. The molecule has 0 fully saturated rings. The van der Waals surface area contributed by atoms with Crippen LogP contribution >= 0.6 is 0 Å². The van der Waals surface area contributed by atoms with Gasteiger partial charge < -0.3 is 4.42 Å². The predicted octanol–water partition coefficient (Wildman–Crippen LogP) is 3.19. The first-order valence-corrected chi connectivity index (χ1v) is 5.08. The lowest BCUT2D eigenvalue weighted by atomic mass is 10.1. The van der Waals surface area contributed by atoms with Gasteiger partial charge >= 0.3 is 0 Å². The van der Waals surface area contributed by atoms with Gasteiger partial charge in [-0.1, -0.05) is 0 Å². The van der Waals surface area contributed by atoms with Crippen LogP contribution in [-0.2, 0) is 0 Å². The molecule has 4 N–H and O–H groups in total. The summed E-state index contributed by atoms with van der Waals surface area (Å²) in [5.41, 5.74) is 6.82. The second-order valence-corrected chi connectivity index (χ2v) is 3.75. The minimum Gasteiger partial charge on any atom is -0.456 e. The minimum atomic E-state index is 0.586. The van der Waals surface area contributed by atoms with E-state index in [9.17, 15) is 0 Å². The Morgan fingerprint density at radius 1 is 0.765 bits per heavy atom. The summed E-state index contributed by atoms with van der Waals surface area (Å²) < 4.78 is 5.63. The second-order valence-electron chi connectivity index (χ2n) is 3.75. The van der Waals surface area contributed by atoms with E-state index in [1.807, 2.05) is 0 Å². The zero-order chi connectivity index (χ0) is 11.8. The fraction of sp³-hybridized carbons (Fsp3) is 0. The van der Waals surface area contributed by atoms with Crippen molar-refractivity contribution in [3.05, 3.63) is 36.4 Å². The SMILES string of the molecule is ONc1ccc2oc3ccc(NO)cc3c2c1. The molecular weight excluding hydrogens is 220 g/mol. The van der Waals surface area contributed by atoms with Gasteiger partial charge in [-0.15, -0.1) is 0 Å². The van der Waals surface area contributed by atoms with Gasteiger partial charge in [0.1, 0.15) is 11.2 Å². The predicted molar refractivity (Wildman–Crippen MR) is 64.5 cm³/mol. The summed E-state index contributed by atoms with van der Waals surface area (Å²) in [6, 6.07) is 10.6. The van der Waals surface area contributed by atoms with Crippen molar-refractivity contribution in [1.29, 1.82) is 0 Å². The largest absolute Gasteiger partial charge is 0.456 e. The molecule has 0 bridgehead atoms. The molecule has 0 unspecified atom stereocenters. The van der Waals surface area contributed by atoms with Crippen LogP contribution in [-0.4, -0.2) is 10.4 Å². The summed E-state index contributed by atoms with van der Waals surface area (Å²) in [7, 11) is 0. The summed E-state index contributed by atoms with van der Waals surface area (Å²) in [5.74, 6) is 0. The highest BCUT2D eigenvalue weighted by Crippen LogP contribution is 2.32. The maximum absolute atomic E-state index is 8.87. The summed E-state index contributed by atoms with van der Waals surface area (Å²) in [4.78, 5) is 0. The molecule has 0 amide bonds. The number of fused-ring (bicyclic) bond motifs is 3. The third kappa shape index (κ3) is 1.49. The first kappa shape index (κ1) is 9.95. The Morgan fingerprint density at radius 2 is 1.24 bits per heavy atom. The third-order valence-electron chi connectivity index (χ3n) is 2.73. The smallest absolute Gasteiger partial charge is 0.135 e. The van der Waals surface area contributed by atoms with E-state index in [0.29, 0.717) is 11.4 Å². The van der Waals surface area contributed by atoms with E-state index in [-0.39, 0.29) is 0 Å². The van der Waals surface area contributed by atoms with Gasteiger partial charge in [0, 0.05) is 10.8 Å². The van der Waals surface area contributed by atoms with Gasteiger partial charge in [-0.2, -0.15) is 0 Å². The van der Waals surface area contributed by atoms with Crippen molar-refractivity contribution in [1.82, 2.24) is 0 Å². The molecule has 0 aliphatic rings. The average molecular weight is 230 g/mol. The van der Waals surface area contributed by atoms with E-state index in [2.05, 4.69) is 11.0 Å². The lowest BCUT2D eigenvalue weighted by Gasteiger charge is -1.98. The number of hydrogen-bond donors (Lipinski definition) is 4. The number of rotatable bonds is 2. The lowest BCUT2D eigenvalue weighted by molar-refractivity contribution is 0.388. The van der Waals surface area contributed by atoms with Crippen molar-refractivity contribution < 1.29 is 14.8 Å². The Bertz CT molecular complexity index is 632. The molecule has 3 rings (SSSR count). The van der Waals surface area contributed by atoms with Gasteiger partial charge in [-0.25, -0.2) is 0 Å².